The molecule has 44 heavy (non-hydrogen) atoms. The Morgan fingerprint density at radius 3 is 2.20 bits per heavy atom. The molecular formula is C37H40N2O5. The summed E-state index contributed by atoms with van der Waals surface area (Å²) in [6, 6.07) is 29.5. The summed E-state index contributed by atoms with van der Waals surface area (Å²) in [5.41, 5.74) is 0.910. The van der Waals surface area contributed by atoms with Crippen LogP contribution in [0.5, 0.6) is 0 Å². The Bertz CT molecular complexity index is 1560. The van der Waals surface area contributed by atoms with Crippen molar-refractivity contribution in [3.05, 3.63) is 126 Å². The number of carbonyl (C=O) groups excluding carboxylic acids is 2. The Balaban J connectivity index is 1.32. The third-order valence-electron chi connectivity index (χ3n) is 7.86. The van der Waals surface area contributed by atoms with Gasteiger partial charge in [-0.1, -0.05) is 78.9 Å². The summed E-state index contributed by atoms with van der Waals surface area (Å²) in [6.07, 6.45) is 3.38. The molecule has 2 heterocycles. The van der Waals surface area contributed by atoms with Gasteiger partial charge in [-0.15, -0.1) is 0 Å². The van der Waals surface area contributed by atoms with E-state index in [0.29, 0.717) is 27.9 Å². The first-order chi connectivity index (χ1) is 21.1. The minimum absolute atomic E-state index is 0.220. The van der Waals surface area contributed by atoms with Gasteiger partial charge in [0.05, 0.1) is 17.9 Å². The average Bonchev–Trinajstić information content (AvgIpc) is 3.04. The molecule has 3 aromatic carbocycles. The third kappa shape index (κ3) is 7.59. The van der Waals surface area contributed by atoms with Gasteiger partial charge in [0.15, 0.2) is 0 Å². The number of hydrogen-bond donors (Lipinski definition) is 1. The van der Waals surface area contributed by atoms with E-state index in [-0.39, 0.29) is 12.5 Å². The van der Waals surface area contributed by atoms with Gasteiger partial charge in [-0.2, -0.15) is 0 Å². The molecule has 1 fully saturated rings. The average molecular weight is 593 g/mol. The number of rotatable bonds is 9. The number of ether oxygens (including phenoxy) is 2. The maximum Gasteiger partial charge on any atom is 0.347 e. The van der Waals surface area contributed by atoms with Gasteiger partial charge in [-0.3, -0.25) is 9.88 Å². The molecule has 5 rings (SSSR count). The van der Waals surface area contributed by atoms with E-state index >= 15 is 0 Å². The predicted molar refractivity (Wildman–Crippen MR) is 170 cm³/mol. The zero-order valence-corrected chi connectivity index (χ0v) is 25.6. The zero-order chi connectivity index (χ0) is 31.2. The van der Waals surface area contributed by atoms with E-state index in [1.807, 2.05) is 39.0 Å². The number of carbonyl (C=O) groups is 2. The molecule has 7 heteroatoms. The van der Waals surface area contributed by atoms with Crippen LogP contribution in [0.1, 0.15) is 60.7 Å². The number of pyridine rings is 1. The van der Waals surface area contributed by atoms with E-state index in [1.54, 1.807) is 60.8 Å². The normalized spacial score (nSPS) is 15.7. The molecule has 1 aliphatic heterocycles. The lowest BCUT2D eigenvalue weighted by molar-refractivity contribution is -0.164. The fourth-order valence-corrected chi connectivity index (χ4v) is 5.49. The number of esters is 2. The van der Waals surface area contributed by atoms with Crippen molar-refractivity contribution in [2.45, 2.75) is 51.4 Å². The lowest BCUT2D eigenvalue weighted by atomic mass is 9.85. The van der Waals surface area contributed by atoms with E-state index in [0.717, 1.165) is 32.5 Å². The molecule has 1 N–H and O–H groups in total. The molecule has 7 nitrogen and oxygen atoms in total. The number of aromatic nitrogens is 1. The maximum atomic E-state index is 13.8. The largest absolute Gasteiger partial charge is 0.463 e. The van der Waals surface area contributed by atoms with Crippen LogP contribution in [0.3, 0.4) is 0 Å². The monoisotopic (exact) mass is 592 g/mol. The third-order valence-corrected chi connectivity index (χ3v) is 7.86. The maximum absolute atomic E-state index is 13.8. The van der Waals surface area contributed by atoms with Crippen molar-refractivity contribution in [1.82, 2.24) is 9.88 Å². The van der Waals surface area contributed by atoms with Crippen LogP contribution in [0.4, 0.5) is 0 Å². The second kappa shape index (κ2) is 13.5. The Hall–Kier alpha value is -4.33. The number of nitrogens with zero attached hydrogens (tertiary/aromatic N) is 2. The van der Waals surface area contributed by atoms with Crippen molar-refractivity contribution in [2.75, 3.05) is 19.7 Å². The quantitative estimate of drug-likeness (QED) is 0.225. The molecule has 0 aliphatic carbocycles. The van der Waals surface area contributed by atoms with Crippen LogP contribution in [-0.2, 0) is 26.4 Å². The summed E-state index contributed by atoms with van der Waals surface area (Å²) in [5.74, 6) is -0.951. The Morgan fingerprint density at radius 1 is 0.864 bits per heavy atom. The molecule has 1 atom stereocenters. The molecule has 0 unspecified atom stereocenters. The zero-order valence-electron chi connectivity index (χ0n) is 25.6. The number of likely N-dealkylation sites (tertiary alicyclic amines) is 1. The molecule has 0 amide bonds. The van der Waals surface area contributed by atoms with Crippen LogP contribution < -0.4 is 0 Å². The summed E-state index contributed by atoms with van der Waals surface area (Å²) < 4.78 is 11.4. The van der Waals surface area contributed by atoms with Gasteiger partial charge in [0.2, 0.25) is 5.60 Å². The number of benzene rings is 3. The van der Waals surface area contributed by atoms with Gasteiger partial charge in [0.25, 0.3) is 0 Å². The molecule has 1 aromatic heterocycles. The van der Waals surface area contributed by atoms with Gasteiger partial charge in [0, 0.05) is 23.9 Å². The van der Waals surface area contributed by atoms with Crippen LogP contribution in [-0.4, -0.2) is 52.2 Å². The highest BCUT2D eigenvalue weighted by molar-refractivity contribution is 5.91. The summed E-state index contributed by atoms with van der Waals surface area (Å²) >= 11 is 0. The van der Waals surface area contributed by atoms with Crippen molar-refractivity contribution in [2.24, 2.45) is 5.92 Å². The SMILES string of the molecule is CC(C)(C)OC(=O)c1ccnc(-c2cccc([C@](O)(C(=O)OCC3CCN(Cc4ccccc4)CC3)c3ccccc3)c2)c1. The summed E-state index contributed by atoms with van der Waals surface area (Å²) in [4.78, 5) is 33.3. The molecule has 1 aliphatic rings. The second-order valence-corrected chi connectivity index (χ2v) is 12.4. The van der Waals surface area contributed by atoms with Crippen LogP contribution in [0, 0.1) is 5.92 Å². The van der Waals surface area contributed by atoms with E-state index < -0.39 is 23.1 Å². The van der Waals surface area contributed by atoms with Crippen LogP contribution in [0.2, 0.25) is 0 Å². The van der Waals surface area contributed by atoms with Crippen molar-refractivity contribution >= 4 is 11.9 Å². The first-order valence-corrected chi connectivity index (χ1v) is 15.1. The van der Waals surface area contributed by atoms with Gasteiger partial charge in [0.1, 0.15) is 5.60 Å². The molecular weight excluding hydrogens is 552 g/mol. The van der Waals surface area contributed by atoms with E-state index in [2.05, 4.69) is 34.1 Å². The van der Waals surface area contributed by atoms with Gasteiger partial charge >= 0.3 is 11.9 Å². The van der Waals surface area contributed by atoms with Gasteiger partial charge in [-0.25, -0.2) is 9.59 Å². The lowest BCUT2D eigenvalue weighted by Gasteiger charge is -2.33. The molecule has 1 saturated heterocycles. The first-order valence-electron chi connectivity index (χ1n) is 15.1. The first kappa shape index (κ1) is 31.1. The highest BCUT2D eigenvalue weighted by Gasteiger charge is 2.42. The molecule has 228 valence electrons. The van der Waals surface area contributed by atoms with E-state index in [4.69, 9.17) is 9.47 Å². The van der Waals surface area contributed by atoms with Crippen molar-refractivity contribution in [3.8, 4) is 11.3 Å². The summed E-state index contributed by atoms with van der Waals surface area (Å²) in [5, 5.41) is 12.1. The Morgan fingerprint density at radius 2 is 1.52 bits per heavy atom. The van der Waals surface area contributed by atoms with Crippen molar-refractivity contribution in [3.63, 3.8) is 0 Å². The molecule has 0 spiro atoms. The number of piperidine rings is 1. The highest BCUT2D eigenvalue weighted by Crippen LogP contribution is 2.34. The molecule has 4 aromatic rings. The second-order valence-electron chi connectivity index (χ2n) is 12.4. The fraction of sp³-hybridized carbons (Fsp3) is 0.324. The van der Waals surface area contributed by atoms with Crippen molar-refractivity contribution in [1.29, 1.82) is 0 Å². The van der Waals surface area contributed by atoms with Crippen LogP contribution >= 0.6 is 0 Å². The lowest BCUT2D eigenvalue weighted by Crippen LogP contribution is -2.40. The minimum Gasteiger partial charge on any atom is -0.463 e. The van der Waals surface area contributed by atoms with E-state index in [1.165, 1.54) is 5.56 Å². The van der Waals surface area contributed by atoms with Crippen molar-refractivity contribution < 1.29 is 24.2 Å². The number of aliphatic hydroxyl groups is 1. The fourth-order valence-electron chi connectivity index (χ4n) is 5.49. The molecule has 0 radical (unpaired) electrons. The minimum atomic E-state index is -2.03. The van der Waals surface area contributed by atoms with Gasteiger partial charge in [-0.05, 0) is 81.9 Å². The van der Waals surface area contributed by atoms with Crippen LogP contribution in [0.15, 0.2) is 103 Å². The summed E-state index contributed by atoms with van der Waals surface area (Å²) in [7, 11) is 0. The smallest absolute Gasteiger partial charge is 0.347 e. The number of hydrogen-bond acceptors (Lipinski definition) is 7. The van der Waals surface area contributed by atoms with Gasteiger partial charge < -0.3 is 14.6 Å². The van der Waals surface area contributed by atoms with E-state index in [9.17, 15) is 14.7 Å². The Kier molecular flexibility index (Phi) is 9.57. The molecule has 0 bridgehead atoms. The molecule has 0 saturated carbocycles. The Labute approximate surface area is 259 Å². The van der Waals surface area contributed by atoms with Crippen LogP contribution in [0.25, 0.3) is 11.3 Å². The topological polar surface area (TPSA) is 89.0 Å². The summed E-state index contributed by atoms with van der Waals surface area (Å²) in [6.45, 7) is 8.45. The standard InChI is InChI=1S/C37H40N2O5/c1-36(2,3)44-34(40)30-17-20-38-33(24-30)29-13-10-16-32(23-29)37(42,31-14-8-5-9-15-31)35(41)43-26-28-18-21-39(22-19-28)25-27-11-6-4-7-12-27/h4-17,20,23-24,28,42H,18-19,21-22,25-26H2,1-3H3/t37-/m0/s1. The predicted octanol–water partition coefficient (Wildman–Crippen LogP) is 6.40. The highest BCUT2D eigenvalue weighted by atomic mass is 16.6.